The Kier molecular flexibility index (Phi) is 7.05. The van der Waals surface area contributed by atoms with Gasteiger partial charge in [0.05, 0.1) is 11.9 Å². The fraction of sp³-hybridized carbons (Fsp3) is 0.111. The highest BCUT2D eigenvalue weighted by Crippen LogP contribution is 2.37. The van der Waals surface area contributed by atoms with Gasteiger partial charge >= 0.3 is 11.7 Å². The largest absolute Gasteiger partial charge is 0.351 e. The topological polar surface area (TPSA) is 124 Å². The third-order valence-electron chi connectivity index (χ3n) is 6.10. The summed E-state index contributed by atoms with van der Waals surface area (Å²) in [6, 6.07) is 14.3. The van der Waals surface area contributed by atoms with E-state index < -0.39 is 35.5 Å². The molecule has 0 saturated heterocycles. The van der Waals surface area contributed by atoms with E-state index in [1.54, 1.807) is 43.4 Å². The Balaban J connectivity index is 1.83. The second-order valence-corrected chi connectivity index (χ2v) is 9.58. The first-order valence-corrected chi connectivity index (χ1v) is 12.6. The highest BCUT2D eigenvalue weighted by molar-refractivity contribution is 7.22. The molecule has 0 atom stereocenters. The fourth-order valence-electron chi connectivity index (χ4n) is 4.36. The SMILES string of the molecule is CNCc1c(-c2ccc(NC(N)=O)cc2)sc2c1c(=O)n(-c1ccccn1)c(=O)n2Cc1c(F)cccc1F. The number of rotatable bonds is 7. The Hall–Kier alpha value is -4.68. The molecule has 0 fully saturated rings. The molecule has 0 radical (unpaired) electrons. The first-order valence-electron chi connectivity index (χ1n) is 11.8. The van der Waals surface area contributed by atoms with E-state index >= 15 is 0 Å². The lowest BCUT2D eigenvalue weighted by Gasteiger charge is -2.13. The minimum absolute atomic E-state index is 0.0854. The highest BCUT2D eigenvalue weighted by atomic mass is 32.1. The van der Waals surface area contributed by atoms with Crippen LogP contribution in [0, 0.1) is 11.6 Å². The lowest BCUT2D eigenvalue weighted by Crippen LogP contribution is -2.39. The molecule has 0 aliphatic rings. The van der Waals surface area contributed by atoms with Crippen LogP contribution in [0.5, 0.6) is 0 Å². The Labute approximate surface area is 224 Å². The van der Waals surface area contributed by atoms with Crippen molar-refractivity contribution in [2.75, 3.05) is 12.4 Å². The van der Waals surface area contributed by atoms with Gasteiger partial charge in [-0.2, -0.15) is 0 Å². The summed E-state index contributed by atoms with van der Waals surface area (Å²) in [5, 5.41) is 5.78. The quantitative estimate of drug-likeness (QED) is 0.285. The molecule has 0 saturated carbocycles. The number of thiophene rings is 1. The maximum atomic E-state index is 14.7. The van der Waals surface area contributed by atoms with Gasteiger partial charge in [-0.3, -0.25) is 9.36 Å². The summed E-state index contributed by atoms with van der Waals surface area (Å²) in [6.45, 7) is -0.179. The zero-order chi connectivity index (χ0) is 27.7. The number of anilines is 1. The van der Waals surface area contributed by atoms with Crippen molar-refractivity contribution in [1.82, 2.24) is 19.4 Å². The number of carbonyl (C=O) groups is 1. The Morgan fingerprint density at radius 2 is 1.72 bits per heavy atom. The monoisotopic (exact) mass is 548 g/mol. The third kappa shape index (κ3) is 4.82. The van der Waals surface area contributed by atoms with Crippen LogP contribution in [0.15, 0.2) is 76.4 Å². The lowest BCUT2D eigenvalue weighted by atomic mass is 10.1. The van der Waals surface area contributed by atoms with Crippen LogP contribution in [0.1, 0.15) is 11.1 Å². The van der Waals surface area contributed by atoms with Gasteiger partial charge in [-0.1, -0.05) is 24.3 Å². The molecule has 5 aromatic rings. The molecule has 2 amide bonds. The number of nitrogens with zero attached hydrogens (tertiary/aromatic N) is 3. The molecule has 3 aromatic heterocycles. The summed E-state index contributed by atoms with van der Waals surface area (Å²) in [4.78, 5) is 44.0. The van der Waals surface area contributed by atoms with Gasteiger partial charge in [-0.05, 0) is 54.6 Å². The van der Waals surface area contributed by atoms with Crippen LogP contribution < -0.4 is 27.6 Å². The Morgan fingerprint density at radius 1 is 1.00 bits per heavy atom. The van der Waals surface area contributed by atoms with Crippen LogP contribution >= 0.6 is 11.3 Å². The summed E-state index contributed by atoms with van der Waals surface area (Å²) in [5.74, 6) is -1.53. The van der Waals surface area contributed by atoms with E-state index in [-0.39, 0.29) is 28.1 Å². The molecule has 12 heteroatoms. The third-order valence-corrected chi connectivity index (χ3v) is 7.40. The molecule has 198 valence electrons. The van der Waals surface area contributed by atoms with Crippen molar-refractivity contribution in [2.24, 2.45) is 5.73 Å². The second-order valence-electron chi connectivity index (χ2n) is 8.58. The molecular formula is C27H22F2N6O3S. The number of halogens is 2. The number of fused-ring (bicyclic) bond motifs is 1. The van der Waals surface area contributed by atoms with E-state index in [2.05, 4.69) is 15.6 Å². The molecular weight excluding hydrogens is 526 g/mol. The molecule has 0 aliphatic carbocycles. The van der Waals surface area contributed by atoms with E-state index in [1.165, 1.54) is 22.9 Å². The van der Waals surface area contributed by atoms with Crippen molar-refractivity contribution in [3.63, 3.8) is 0 Å². The number of aromatic nitrogens is 3. The van der Waals surface area contributed by atoms with Crippen LogP contribution in [0.3, 0.4) is 0 Å². The molecule has 0 spiro atoms. The molecule has 0 unspecified atom stereocenters. The lowest BCUT2D eigenvalue weighted by molar-refractivity contribution is 0.259. The smallest absolute Gasteiger partial charge is 0.338 e. The van der Waals surface area contributed by atoms with Gasteiger partial charge in [0.1, 0.15) is 22.3 Å². The number of carbonyl (C=O) groups excluding carboxylic acids is 1. The average Bonchev–Trinajstić information content (AvgIpc) is 3.28. The maximum absolute atomic E-state index is 14.7. The van der Waals surface area contributed by atoms with Crippen molar-refractivity contribution >= 4 is 33.3 Å². The van der Waals surface area contributed by atoms with Crippen molar-refractivity contribution < 1.29 is 13.6 Å². The molecule has 3 heterocycles. The van der Waals surface area contributed by atoms with E-state index in [9.17, 15) is 23.2 Å². The maximum Gasteiger partial charge on any atom is 0.338 e. The number of urea groups is 1. The molecule has 0 aliphatic heterocycles. The molecule has 2 aromatic carbocycles. The van der Waals surface area contributed by atoms with Gasteiger partial charge in [0.2, 0.25) is 0 Å². The summed E-state index contributed by atoms with van der Waals surface area (Å²) in [7, 11) is 1.72. The predicted octanol–water partition coefficient (Wildman–Crippen LogP) is 3.81. The van der Waals surface area contributed by atoms with Crippen molar-refractivity contribution in [3.05, 3.63) is 110 Å². The summed E-state index contributed by atoms with van der Waals surface area (Å²) < 4.78 is 31.5. The van der Waals surface area contributed by atoms with Crippen molar-refractivity contribution in [1.29, 1.82) is 0 Å². The van der Waals surface area contributed by atoms with Gasteiger partial charge in [-0.25, -0.2) is 27.9 Å². The van der Waals surface area contributed by atoms with Gasteiger partial charge < -0.3 is 16.4 Å². The number of hydrogen-bond acceptors (Lipinski definition) is 6. The van der Waals surface area contributed by atoms with E-state index in [0.29, 0.717) is 21.7 Å². The van der Waals surface area contributed by atoms with E-state index in [1.807, 2.05) is 0 Å². The number of benzene rings is 2. The molecule has 9 nitrogen and oxygen atoms in total. The second kappa shape index (κ2) is 10.6. The average molecular weight is 549 g/mol. The minimum Gasteiger partial charge on any atom is -0.351 e. The Bertz CT molecular complexity index is 1790. The zero-order valence-corrected chi connectivity index (χ0v) is 21.4. The van der Waals surface area contributed by atoms with Gasteiger partial charge in [0, 0.05) is 28.9 Å². The van der Waals surface area contributed by atoms with Crippen LogP contribution in [-0.2, 0) is 13.1 Å². The fourth-order valence-corrected chi connectivity index (χ4v) is 5.67. The number of hydrogen-bond donors (Lipinski definition) is 3. The highest BCUT2D eigenvalue weighted by Gasteiger charge is 2.25. The van der Waals surface area contributed by atoms with Gasteiger partial charge in [-0.15, -0.1) is 11.3 Å². The summed E-state index contributed by atoms with van der Waals surface area (Å²) in [5.41, 5.74) is 5.30. The van der Waals surface area contributed by atoms with Gasteiger partial charge in [0.15, 0.2) is 0 Å². The first-order chi connectivity index (χ1) is 18.8. The number of pyridine rings is 1. The summed E-state index contributed by atoms with van der Waals surface area (Å²) in [6.07, 6.45) is 1.45. The van der Waals surface area contributed by atoms with Crippen LogP contribution in [0.2, 0.25) is 0 Å². The molecule has 0 bridgehead atoms. The number of primary amides is 1. The number of nitrogens with two attached hydrogens (primary N) is 1. The van der Waals surface area contributed by atoms with E-state index in [0.717, 1.165) is 28.0 Å². The summed E-state index contributed by atoms with van der Waals surface area (Å²) >= 11 is 1.16. The normalized spacial score (nSPS) is 11.2. The minimum atomic E-state index is -0.810. The standard InChI is InChI=1S/C27H22F2N6O3S/c1-31-13-17-22-24(36)35(21-7-2-3-12-32-21)27(38)34(14-18-19(28)5-4-6-20(18)29)25(22)39-23(17)15-8-10-16(11-9-15)33-26(30)37/h2-12,31H,13-14H2,1H3,(H3,30,33,37). The molecule has 5 rings (SSSR count). The Morgan fingerprint density at radius 3 is 2.33 bits per heavy atom. The van der Waals surface area contributed by atoms with E-state index in [4.69, 9.17) is 5.73 Å². The van der Waals surface area contributed by atoms with Crippen molar-refractivity contribution in [3.8, 4) is 16.3 Å². The number of nitrogens with one attached hydrogen (secondary N) is 2. The van der Waals surface area contributed by atoms with Crippen LogP contribution in [-0.4, -0.2) is 27.2 Å². The first kappa shape index (κ1) is 25.9. The predicted molar refractivity (Wildman–Crippen MR) is 146 cm³/mol. The number of amides is 2. The van der Waals surface area contributed by atoms with Crippen molar-refractivity contribution in [2.45, 2.75) is 13.1 Å². The molecule has 4 N–H and O–H groups in total. The zero-order valence-electron chi connectivity index (χ0n) is 20.6. The van der Waals surface area contributed by atoms with Crippen LogP contribution in [0.25, 0.3) is 26.5 Å². The van der Waals surface area contributed by atoms with Crippen LogP contribution in [0.4, 0.5) is 19.3 Å². The molecule has 39 heavy (non-hydrogen) atoms. The van der Waals surface area contributed by atoms with Gasteiger partial charge in [0.25, 0.3) is 5.56 Å².